The molecule has 1 heterocycles. The van der Waals surface area contributed by atoms with Crippen molar-refractivity contribution in [2.45, 2.75) is 0 Å². The molecule has 0 bridgehead atoms. The molecular formula is C10H8O4. The Labute approximate surface area is 80.6 Å². The van der Waals surface area contributed by atoms with Crippen molar-refractivity contribution < 1.29 is 19.3 Å². The number of para-hydroxylation sites is 1. The fourth-order valence-electron chi connectivity index (χ4n) is 1.12. The van der Waals surface area contributed by atoms with Crippen LogP contribution >= 0.6 is 0 Å². The number of esters is 1. The maximum absolute atomic E-state index is 11.1. The third kappa shape index (κ3) is 1.42. The Balaban J connectivity index is 2.36. The molecule has 0 atom stereocenters. The average molecular weight is 192 g/mol. The van der Waals surface area contributed by atoms with Gasteiger partial charge >= 0.3 is 5.97 Å². The Bertz CT molecular complexity index is 395. The molecule has 0 unspecified atom stereocenters. The van der Waals surface area contributed by atoms with Gasteiger partial charge in [-0.25, -0.2) is 4.79 Å². The predicted octanol–water partition coefficient (Wildman–Crippen LogP) is 1.52. The lowest BCUT2D eigenvalue weighted by molar-refractivity contribution is -0.185. The molecule has 0 N–H and O–H groups in total. The quantitative estimate of drug-likeness (QED) is 0.500. The molecule has 0 saturated carbocycles. The number of methoxy groups -OCH3 is 1. The summed E-state index contributed by atoms with van der Waals surface area (Å²) in [6.07, 6.45) is 1.57. The molecule has 0 spiro atoms. The maximum atomic E-state index is 11.1. The van der Waals surface area contributed by atoms with Gasteiger partial charge in [-0.1, -0.05) is 18.2 Å². The van der Waals surface area contributed by atoms with Gasteiger partial charge in [0.25, 0.3) is 5.76 Å². The first-order valence-corrected chi connectivity index (χ1v) is 4.05. The van der Waals surface area contributed by atoms with Crippen LogP contribution in [0, 0.1) is 0 Å². The molecule has 0 fully saturated rings. The maximum Gasteiger partial charge on any atom is 0.378 e. The summed E-state index contributed by atoms with van der Waals surface area (Å²) in [7, 11) is 1.28. The van der Waals surface area contributed by atoms with E-state index in [0.717, 1.165) is 5.56 Å². The van der Waals surface area contributed by atoms with Gasteiger partial charge in [-0.05, 0) is 6.07 Å². The average Bonchev–Trinajstić information content (AvgIpc) is 2.27. The van der Waals surface area contributed by atoms with Crippen LogP contribution in [0.2, 0.25) is 0 Å². The fraction of sp³-hybridized carbons (Fsp3) is 0.100. The summed E-state index contributed by atoms with van der Waals surface area (Å²) in [5, 5.41) is 0. The van der Waals surface area contributed by atoms with Gasteiger partial charge in [0.1, 0.15) is 0 Å². The normalized spacial score (nSPS) is 13.1. The highest BCUT2D eigenvalue weighted by molar-refractivity contribution is 5.92. The third-order valence-corrected chi connectivity index (χ3v) is 1.81. The molecule has 0 aliphatic carbocycles. The van der Waals surface area contributed by atoms with Gasteiger partial charge in [0.15, 0.2) is 5.75 Å². The first-order chi connectivity index (χ1) is 6.81. The summed E-state index contributed by atoms with van der Waals surface area (Å²) in [6, 6.07) is 7.23. The molecule has 1 aromatic carbocycles. The number of ether oxygens (including phenoxy) is 1. The molecule has 0 amide bonds. The van der Waals surface area contributed by atoms with Crippen LogP contribution in [0.25, 0.3) is 6.08 Å². The van der Waals surface area contributed by atoms with Crippen LogP contribution in [-0.2, 0) is 14.4 Å². The van der Waals surface area contributed by atoms with E-state index in [9.17, 15) is 4.79 Å². The largest absolute Gasteiger partial charge is 0.463 e. The van der Waals surface area contributed by atoms with Crippen molar-refractivity contribution in [2.24, 2.45) is 0 Å². The molecule has 0 saturated heterocycles. The molecule has 0 radical (unpaired) electrons. The van der Waals surface area contributed by atoms with Gasteiger partial charge < -0.3 is 4.74 Å². The summed E-state index contributed by atoms with van der Waals surface area (Å²) < 4.78 is 4.49. The minimum absolute atomic E-state index is 0.0474. The van der Waals surface area contributed by atoms with Crippen LogP contribution in [0.1, 0.15) is 5.56 Å². The Kier molecular flexibility index (Phi) is 2.10. The number of carbonyl (C=O) groups is 1. The number of hydrogen-bond donors (Lipinski definition) is 0. The molecule has 72 valence electrons. The molecule has 1 aliphatic heterocycles. The molecule has 4 nitrogen and oxygen atoms in total. The summed E-state index contributed by atoms with van der Waals surface area (Å²) in [6.45, 7) is 0. The van der Waals surface area contributed by atoms with Crippen molar-refractivity contribution in [3.63, 3.8) is 0 Å². The van der Waals surface area contributed by atoms with Crippen molar-refractivity contribution in [2.75, 3.05) is 7.11 Å². The van der Waals surface area contributed by atoms with Gasteiger partial charge in [0.2, 0.25) is 0 Å². The summed E-state index contributed by atoms with van der Waals surface area (Å²) in [5.41, 5.74) is 0.791. The summed E-state index contributed by atoms with van der Waals surface area (Å²) in [5.74, 6) is 0.0749. The SMILES string of the molecule is COC(=O)C1=Cc2ccccc2OO1. The highest BCUT2D eigenvalue weighted by atomic mass is 17.2. The Morgan fingerprint density at radius 1 is 1.29 bits per heavy atom. The standard InChI is InChI=1S/C10H8O4/c1-12-10(11)9-6-7-4-2-3-5-8(7)13-14-9/h2-6H,1H3. The van der Waals surface area contributed by atoms with Crippen LogP contribution < -0.4 is 4.89 Å². The van der Waals surface area contributed by atoms with Crippen molar-refractivity contribution in [3.05, 3.63) is 35.6 Å². The zero-order valence-electron chi connectivity index (χ0n) is 7.52. The molecule has 1 aliphatic rings. The molecule has 4 heteroatoms. The van der Waals surface area contributed by atoms with Crippen LogP contribution in [0.3, 0.4) is 0 Å². The zero-order valence-corrected chi connectivity index (χ0v) is 7.52. The number of benzene rings is 1. The minimum atomic E-state index is -0.556. The zero-order chi connectivity index (χ0) is 9.97. The lowest BCUT2D eigenvalue weighted by Gasteiger charge is -2.14. The highest BCUT2D eigenvalue weighted by Crippen LogP contribution is 2.26. The van der Waals surface area contributed by atoms with E-state index in [1.165, 1.54) is 7.11 Å². The lowest BCUT2D eigenvalue weighted by Crippen LogP contribution is -2.13. The van der Waals surface area contributed by atoms with E-state index in [-0.39, 0.29) is 5.76 Å². The first kappa shape index (κ1) is 8.62. The highest BCUT2D eigenvalue weighted by Gasteiger charge is 2.19. The van der Waals surface area contributed by atoms with E-state index < -0.39 is 5.97 Å². The van der Waals surface area contributed by atoms with E-state index >= 15 is 0 Å². The van der Waals surface area contributed by atoms with Gasteiger partial charge in [0.05, 0.1) is 7.11 Å². The van der Waals surface area contributed by atoms with E-state index in [1.54, 1.807) is 12.1 Å². The second-order valence-corrected chi connectivity index (χ2v) is 2.70. The number of fused-ring (bicyclic) bond motifs is 1. The van der Waals surface area contributed by atoms with Crippen LogP contribution in [0.5, 0.6) is 5.75 Å². The molecule has 0 aromatic heterocycles. The number of hydrogen-bond acceptors (Lipinski definition) is 4. The van der Waals surface area contributed by atoms with Crippen molar-refractivity contribution >= 4 is 12.0 Å². The molecule has 2 rings (SSSR count). The molecule has 14 heavy (non-hydrogen) atoms. The second-order valence-electron chi connectivity index (χ2n) is 2.70. The minimum Gasteiger partial charge on any atom is -0.463 e. The Morgan fingerprint density at radius 3 is 2.86 bits per heavy atom. The van der Waals surface area contributed by atoms with E-state index in [4.69, 9.17) is 9.78 Å². The number of rotatable bonds is 1. The number of carbonyl (C=O) groups excluding carboxylic acids is 1. The van der Waals surface area contributed by atoms with E-state index in [2.05, 4.69) is 4.74 Å². The van der Waals surface area contributed by atoms with E-state index in [0.29, 0.717) is 5.75 Å². The smallest absolute Gasteiger partial charge is 0.378 e. The monoisotopic (exact) mass is 192 g/mol. The van der Waals surface area contributed by atoms with Gasteiger partial charge in [-0.15, -0.1) is 0 Å². The topological polar surface area (TPSA) is 44.8 Å². The Morgan fingerprint density at radius 2 is 2.07 bits per heavy atom. The fourth-order valence-corrected chi connectivity index (χ4v) is 1.12. The second kappa shape index (κ2) is 3.41. The van der Waals surface area contributed by atoms with Crippen LogP contribution in [0.15, 0.2) is 30.0 Å². The van der Waals surface area contributed by atoms with Gasteiger partial charge in [0, 0.05) is 11.6 Å². The summed E-state index contributed by atoms with van der Waals surface area (Å²) >= 11 is 0. The summed E-state index contributed by atoms with van der Waals surface area (Å²) in [4.78, 5) is 20.7. The first-order valence-electron chi connectivity index (χ1n) is 4.05. The van der Waals surface area contributed by atoms with Gasteiger partial charge in [-0.3, -0.25) is 9.78 Å². The third-order valence-electron chi connectivity index (χ3n) is 1.81. The van der Waals surface area contributed by atoms with E-state index in [1.807, 2.05) is 18.2 Å². The van der Waals surface area contributed by atoms with Crippen molar-refractivity contribution in [1.29, 1.82) is 0 Å². The van der Waals surface area contributed by atoms with Crippen LogP contribution in [0.4, 0.5) is 0 Å². The predicted molar refractivity (Wildman–Crippen MR) is 48.1 cm³/mol. The lowest BCUT2D eigenvalue weighted by atomic mass is 10.1. The Hall–Kier alpha value is -1.97. The molecule has 1 aromatic rings. The van der Waals surface area contributed by atoms with Crippen molar-refractivity contribution in [3.8, 4) is 5.75 Å². The van der Waals surface area contributed by atoms with Gasteiger partial charge in [-0.2, -0.15) is 0 Å². The molecular weight excluding hydrogens is 184 g/mol. The van der Waals surface area contributed by atoms with Crippen molar-refractivity contribution in [1.82, 2.24) is 0 Å². The van der Waals surface area contributed by atoms with Crippen LogP contribution in [-0.4, -0.2) is 13.1 Å².